The number of aromatic nitrogens is 2. The maximum atomic E-state index is 12.5. The summed E-state index contributed by atoms with van der Waals surface area (Å²) >= 11 is 1.42. The molecule has 26 heavy (non-hydrogen) atoms. The first-order valence-electron chi connectivity index (χ1n) is 8.17. The molecule has 0 aliphatic heterocycles. The predicted octanol–water partition coefficient (Wildman–Crippen LogP) is 3.77. The topological polar surface area (TPSA) is 73.2 Å². The van der Waals surface area contributed by atoms with Crippen LogP contribution in [0.3, 0.4) is 0 Å². The van der Waals surface area contributed by atoms with Crippen LogP contribution in [-0.4, -0.2) is 28.3 Å². The van der Waals surface area contributed by atoms with Crippen molar-refractivity contribution < 1.29 is 14.3 Å². The van der Waals surface area contributed by atoms with Crippen molar-refractivity contribution in [2.24, 2.45) is 7.05 Å². The molecule has 0 radical (unpaired) electrons. The van der Waals surface area contributed by atoms with Gasteiger partial charge in [-0.3, -0.25) is 9.48 Å². The van der Waals surface area contributed by atoms with E-state index in [-0.39, 0.29) is 11.9 Å². The summed E-state index contributed by atoms with van der Waals surface area (Å²) in [4.78, 5) is 25.4. The lowest BCUT2D eigenvalue weighted by Gasteiger charge is -2.04. The van der Waals surface area contributed by atoms with E-state index in [1.807, 2.05) is 32.2 Å². The number of aryl methyl sites for hydroxylation is 2. The van der Waals surface area contributed by atoms with Gasteiger partial charge in [-0.15, -0.1) is 11.3 Å². The number of anilines is 1. The normalized spacial score (nSPS) is 11.2. The third-order valence-corrected chi connectivity index (χ3v) is 4.99. The van der Waals surface area contributed by atoms with Gasteiger partial charge in [0, 0.05) is 24.2 Å². The van der Waals surface area contributed by atoms with E-state index in [0.29, 0.717) is 17.2 Å². The highest BCUT2D eigenvalue weighted by Gasteiger charge is 2.15. The van der Waals surface area contributed by atoms with Crippen molar-refractivity contribution in [1.29, 1.82) is 0 Å². The highest BCUT2D eigenvalue weighted by molar-refractivity contribution is 7.20. The summed E-state index contributed by atoms with van der Waals surface area (Å²) in [5.41, 5.74) is 2.45. The molecular formula is C19H19N3O3S. The summed E-state index contributed by atoms with van der Waals surface area (Å²) in [6.45, 7) is 4.04. The van der Waals surface area contributed by atoms with Crippen LogP contribution < -0.4 is 5.32 Å². The summed E-state index contributed by atoms with van der Waals surface area (Å²) in [5, 5.41) is 8.23. The summed E-state index contributed by atoms with van der Waals surface area (Å²) < 4.78 is 6.62. The average Bonchev–Trinajstić information content (AvgIpc) is 3.17. The third-order valence-electron chi connectivity index (χ3n) is 3.79. The smallest absolute Gasteiger partial charge is 0.330 e. The first kappa shape index (κ1) is 17.9. The zero-order valence-electron chi connectivity index (χ0n) is 14.8. The van der Waals surface area contributed by atoms with Crippen LogP contribution in [0.15, 0.2) is 36.4 Å². The van der Waals surface area contributed by atoms with E-state index >= 15 is 0 Å². The number of esters is 1. The molecule has 3 aromatic rings. The Labute approximate surface area is 155 Å². The predicted molar refractivity (Wildman–Crippen MR) is 103 cm³/mol. The molecule has 0 aliphatic rings. The van der Waals surface area contributed by atoms with Crippen LogP contribution in [0.2, 0.25) is 0 Å². The lowest BCUT2D eigenvalue weighted by molar-refractivity contribution is -0.137. The van der Waals surface area contributed by atoms with Crippen molar-refractivity contribution >= 4 is 45.2 Å². The molecule has 1 amide bonds. The Balaban J connectivity index is 1.69. The molecule has 1 aromatic carbocycles. The Bertz CT molecular complexity index is 949. The third kappa shape index (κ3) is 3.83. The fraction of sp³-hybridized carbons (Fsp3) is 0.211. The SMILES string of the molecule is CCOC(=O)C=Cc1ccc(NC(=O)c2cc3c(C)nn(C)c3s2)cc1. The van der Waals surface area contributed by atoms with E-state index in [0.717, 1.165) is 21.5 Å². The van der Waals surface area contributed by atoms with Crippen molar-refractivity contribution in [2.45, 2.75) is 13.8 Å². The van der Waals surface area contributed by atoms with E-state index in [2.05, 4.69) is 10.4 Å². The molecule has 0 aliphatic carbocycles. The zero-order chi connectivity index (χ0) is 18.7. The van der Waals surface area contributed by atoms with Gasteiger partial charge in [0.1, 0.15) is 4.83 Å². The quantitative estimate of drug-likeness (QED) is 0.549. The number of hydrogen-bond donors (Lipinski definition) is 1. The summed E-state index contributed by atoms with van der Waals surface area (Å²) in [7, 11) is 1.87. The maximum Gasteiger partial charge on any atom is 0.330 e. The molecule has 2 aromatic heterocycles. The van der Waals surface area contributed by atoms with Crippen LogP contribution in [0.4, 0.5) is 5.69 Å². The molecule has 3 rings (SSSR count). The Morgan fingerprint density at radius 1 is 1.31 bits per heavy atom. The fourth-order valence-electron chi connectivity index (χ4n) is 2.54. The van der Waals surface area contributed by atoms with Gasteiger partial charge in [0.05, 0.1) is 17.2 Å². The van der Waals surface area contributed by atoms with Crippen LogP contribution in [0.5, 0.6) is 0 Å². The van der Waals surface area contributed by atoms with Gasteiger partial charge in [-0.1, -0.05) is 12.1 Å². The van der Waals surface area contributed by atoms with Crippen LogP contribution in [0.1, 0.15) is 27.9 Å². The van der Waals surface area contributed by atoms with Crippen molar-refractivity contribution in [3.63, 3.8) is 0 Å². The number of benzene rings is 1. The minimum atomic E-state index is -0.376. The molecule has 134 valence electrons. The second kappa shape index (κ2) is 7.53. The lowest BCUT2D eigenvalue weighted by atomic mass is 10.2. The number of nitrogens with one attached hydrogen (secondary N) is 1. The highest BCUT2D eigenvalue weighted by atomic mass is 32.1. The standard InChI is InChI=1S/C19H19N3O3S/c1-4-25-17(23)10-7-13-5-8-14(9-6-13)20-18(24)16-11-15-12(2)21-22(3)19(15)26-16/h5-11H,4H2,1-3H3,(H,20,24). The zero-order valence-corrected chi connectivity index (χ0v) is 15.6. The highest BCUT2D eigenvalue weighted by Crippen LogP contribution is 2.28. The van der Waals surface area contributed by atoms with E-state index in [4.69, 9.17) is 4.74 Å². The first-order valence-corrected chi connectivity index (χ1v) is 8.99. The molecule has 0 saturated heterocycles. The van der Waals surface area contributed by atoms with Gasteiger partial charge in [0.2, 0.25) is 0 Å². The first-order chi connectivity index (χ1) is 12.5. The van der Waals surface area contributed by atoms with Crippen molar-refractivity contribution in [3.05, 3.63) is 52.5 Å². The minimum absolute atomic E-state index is 0.152. The molecular weight excluding hydrogens is 350 g/mol. The maximum absolute atomic E-state index is 12.5. The van der Waals surface area contributed by atoms with Gasteiger partial charge >= 0.3 is 5.97 Å². The molecule has 1 N–H and O–H groups in total. The molecule has 0 fully saturated rings. The van der Waals surface area contributed by atoms with E-state index < -0.39 is 0 Å². The largest absolute Gasteiger partial charge is 0.463 e. The van der Waals surface area contributed by atoms with Crippen LogP contribution in [0.25, 0.3) is 16.3 Å². The van der Waals surface area contributed by atoms with E-state index in [1.165, 1.54) is 17.4 Å². The second-order valence-electron chi connectivity index (χ2n) is 5.70. The molecule has 0 spiro atoms. The Hall–Kier alpha value is -2.93. The number of hydrogen-bond acceptors (Lipinski definition) is 5. The summed E-state index contributed by atoms with van der Waals surface area (Å²) in [6.07, 6.45) is 3.05. The van der Waals surface area contributed by atoms with E-state index in [9.17, 15) is 9.59 Å². The minimum Gasteiger partial charge on any atom is -0.463 e. The monoisotopic (exact) mass is 369 g/mol. The summed E-state index contributed by atoms with van der Waals surface area (Å²) in [5.74, 6) is -0.528. The number of ether oxygens (including phenoxy) is 1. The van der Waals surface area contributed by atoms with Gasteiger partial charge in [0.25, 0.3) is 5.91 Å². The van der Waals surface area contributed by atoms with Gasteiger partial charge in [-0.05, 0) is 43.7 Å². The number of thiophene rings is 1. The number of amides is 1. The van der Waals surface area contributed by atoms with Crippen molar-refractivity contribution in [1.82, 2.24) is 9.78 Å². The van der Waals surface area contributed by atoms with Crippen molar-refractivity contribution in [3.8, 4) is 0 Å². The second-order valence-corrected chi connectivity index (χ2v) is 6.73. The van der Waals surface area contributed by atoms with Gasteiger partial charge < -0.3 is 10.1 Å². The number of rotatable bonds is 5. The fourth-order valence-corrected chi connectivity index (χ4v) is 3.56. The number of nitrogens with zero attached hydrogens (tertiary/aromatic N) is 2. The Kier molecular flexibility index (Phi) is 5.18. The van der Waals surface area contributed by atoms with Crippen LogP contribution in [0, 0.1) is 6.92 Å². The molecule has 0 unspecified atom stereocenters. The molecule has 0 saturated carbocycles. The van der Waals surface area contributed by atoms with Crippen LogP contribution >= 0.6 is 11.3 Å². The number of carbonyl (C=O) groups is 2. The molecule has 2 heterocycles. The van der Waals surface area contributed by atoms with Crippen LogP contribution in [-0.2, 0) is 16.6 Å². The van der Waals surface area contributed by atoms with Gasteiger partial charge in [-0.2, -0.15) is 5.10 Å². The van der Waals surface area contributed by atoms with E-state index in [1.54, 1.807) is 29.8 Å². The lowest BCUT2D eigenvalue weighted by Crippen LogP contribution is -2.10. The molecule has 6 nitrogen and oxygen atoms in total. The number of carbonyl (C=O) groups excluding carboxylic acids is 2. The Morgan fingerprint density at radius 3 is 2.69 bits per heavy atom. The van der Waals surface area contributed by atoms with Gasteiger partial charge in [0.15, 0.2) is 0 Å². The Morgan fingerprint density at radius 2 is 2.04 bits per heavy atom. The molecule has 0 bridgehead atoms. The van der Waals surface area contributed by atoms with Gasteiger partial charge in [-0.25, -0.2) is 4.79 Å². The molecule has 7 heteroatoms. The van der Waals surface area contributed by atoms with Crippen molar-refractivity contribution in [2.75, 3.05) is 11.9 Å². The number of fused-ring (bicyclic) bond motifs is 1. The molecule has 0 atom stereocenters. The summed E-state index contributed by atoms with van der Waals surface area (Å²) in [6, 6.07) is 9.11. The average molecular weight is 369 g/mol.